The molecule has 1 atom stereocenters. The summed E-state index contributed by atoms with van der Waals surface area (Å²) in [6.45, 7) is 4.44. The van der Waals surface area contributed by atoms with E-state index in [0.717, 1.165) is 37.0 Å². The van der Waals surface area contributed by atoms with Crippen LogP contribution in [0.3, 0.4) is 0 Å². The number of nitrogens with one attached hydrogen (secondary N) is 1. The molecule has 0 bridgehead atoms. The quantitative estimate of drug-likeness (QED) is 0.878. The summed E-state index contributed by atoms with van der Waals surface area (Å²) in [4.78, 5) is 12.1. The molecular formula is C16H25ClN2O2. The first kappa shape index (κ1) is 17.8. The number of hydrogen-bond donors (Lipinski definition) is 2. The first-order valence-corrected chi connectivity index (χ1v) is 7.31. The van der Waals surface area contributed by atoms with Crippen molar-refractivity contribution >= 4 is 18.3 Å². The summed E-state index contributed by atoms with van der Waals surface area (Å²) < 4.78 is 5.84. The van der Waals surface area contributed by atoms with E-state index < -0.39 is 5.54 Å². The van der Waals surface area contributed by atoms with E-state index >= 15 is 0 Å². The molecule has 0 saturated heterocycles. The molecule has 0 aliphatic heterocycles. The highest BCUT2D eigenvalue weighted by Gasteiger charge is 2.36. The van der Waals surface area contributed by atoms with Gasteiger partial charge >= 0.3 is 0 Å². The summed E-state index contributed by atoms with van der Waals surface area (Å²) in [6.07, 6.45) is 3.57. The SMILES string of the molecule is Cc1ccccc1OC(C)CNC(=O)C1(N)CCCC1.Cl. The maximum atomic E-state index is 12.1. The molecule has 118 valence electrons. The summed E-state index contributed by atoms with van der Waals surface area (Å²) in [5, 5.41) is 2.92. The molecular weight excluding hydrogens is 288 g/mol. The maximum Gasteiger partial charge on any atom is 0.240 e. The average molecular weight is 313 g/mol. The van der Waals surface area contributed by atoms with Crippen molar-refractivity contribution in [3.05, 3.63) is 29.8 Å². The first-order valence-electron chi connectivity index (χ1n) is 7.31. The molecule has 0 aromatic heterocycles. The van der Waals surface area contributed by atoms with Gasteiger partial charge in [0.1, 0.15) is 11.9 Å². The van der Waals surface area contributed by atoms with Crippen molar-refractivity contribution in [3.63, 3.8) is 0 Å². The summed E-state index contributed by atoms with van der Waals surface area (Å²) in [7, 11) is 0. The van der Waals surface area contributed by atoms with Gasteiger partial charge in [-0.1, -0.05) is 31.0 Å². The fourth-order valence-electron chi connectivity index (χ4n) is 2.59. The van der Waals surface area contributed by atoms with Crippen LogP contribution < -0.4 is 15.8 Å². The van der Waals surface area contributed by atoms with Gasteiger partial charge in [0.15, 0.2) is 0 Å². The third-order valence-corrected chi connectivity index (χ3v) is 3.92. The molecule has 5 heteroatoms. The van der Waals surface area contributed by atoms with E-state index in [9.17, 15) is 4.79 Å². The van der Waals surface area contributed by atoms with Crippen LogP contribution in [0.25, 0.3) is 0 Å². The van der Waals surface area contributed by atoms with Gasteiger partial charge in [-0.3, -0.25) is 4.79 Å². The lowest BCUT2D eigenvalue weighted by Crippen LogP contribution is -2.53. The number of benzene rings is 1. The summed E-state index contributed by atoms with van der Waals surface area (Å²) in [5.41, 5.74) is 6.54. The van der Waals surface area contributed by atoms with Crippen LogP contribution in [-0.4, -0.2) is 24.1 Å². The Balaban J connectivity index is 0.00000220. The van der Waals surface area contributed by atoms with Gasteiger partial charge in [-0.2, -0.15) is 0 Å². The van der Waals surface area contributed by atoms with Gasteiger partial charge in [0.25, 0.3) is 0 Å². The number of para-hydroxylation sites is 1. The van der Waals surface area contributed by atoms with Crippen LogP contribution in [-0.2, 0) is 4.79 Å². The molecule has 21 heavy (non-hydrogen) atoms. The molecule has 1 aromatic rings. The average Bonchev–Trinajstić information content (AvgIpc) is 2.87. The Kier molecular flexibility index (Phi) is 6.49. The van der Waals surface area contributed by atoms with Gasteiger partial charge in [-0.05, 0) is 38.3 Å². The molecule has 2 rings (SSSR count). The van der Waals surface area contributed by atoms with Gasteiger partial charge in [-0.15, -0.1) is 12.4 Å². The molecule has 1 saturated carbocycles. The molecule has 1 aromatic carbocycles. The zero-order valence-electron chi connectivity index (χ0n) is 12.7. The molecule has 0 heterocycles. The molecule has 1 unspecified atom stereocenters. The second-order valence-corrected chi connectivity index (χ2v) is 5.77. The lowest BCUT2D eigenvalue weighted by Gasteiger charge is -2.24. The third-order valence-electron chi connectivity index (χ3n) is 3.92. The van der Waals surface area contributed by atoms with Crippen LogP contribution in [0, 0.1) is 6.92 Å². The summed E-state index contributed by atoms with van der Waals surface area (Å²) >= 11 is 0. The molecule has 4 nitrogen and oxygen atoms in total. The predicted molar refractivity (Wildman–Crippen MR) is 86.9 cm³/mol. The van der Waals surface area contributed by atoms with Crippen molar-refractivity contribution in [1.29, 1.82) is 0 Å². The minimum atomic E-state index is -0.664. The van der Waals surface area contributed by atoms with Gasteiger partial charge in [0.2, 0.25) is 5.91 Å². The molecule has 1 aliphatic rings. The highest BCUT2D eigenvalue weighted by Crippen LogP contribution is 2.27. The first-order chi connectivity index (χ1) is 9.51. The van der Waals surface area contributed by atoms with Gasteiger partial charge in [0, 0.05) is 0 Å². The van der Waals surface area contributed by atoms with Crippen molar-refractivity contribution in [2.45, 2.75) is 51.2 Å². The standard InChI is InChI=1S/C16H24N2O2.ClH/c1-12-7-3-4-8-14(12)20-13(2)11-18-15(19)16(17)9-5-6-10-16;/h3-4,7-8,13H,5-6,9-11,17H2,1-2H3,(H,18,19);1H. The van der Waals surface area contributed by atoms with Crippen molar-refractivity contribution in [2.75, 3.05) is 6.54 Å². The number of rotatable bonds is 5. The Morgan fingerprint density at radius 3 is 2.62 bits per heavy atom. The number of ether oxygens (including phenoxy) is 1. The predicted octanol–water partition coefficient (Wildman–Crippen LogP) is 2.57. The second kappa shape index (κ2) is 7.66. The Bertz CT molecular complexity index is 473. The fraction of sp³-hybridized carbons (Fsp3) is 0.562. The highest BCUT2D eigenvalue weighted by molar-refractivity contribution is 5.86. The van der Waals surface area contributed by atoms with E-state index in [2.05, 4.69) is 5.32 Å². The van der Waals surface area contributed by atoms with E-state index in [-0.39, 0.29) is 24.4 Å². The van der Waals surface area contributed by atoms with Crippen molar-refractivity contribution in [1.82, 2.24) is 5.32 Å². The van der Waals surface area contributed by atoms with Crippen LogP contribution >= 0.6 is 12.4 Å². The number of aryl methyl sites for hydroxylation is 1. The molecule has 3 N–H and O–H groups in total. The van der Waals surface area contributed by atoms with Crippen LogP contribution in [0.15, 0.2) is 24.3 Å². The van der Waals surface area contributed by atoms with Crippen LogP contribution in [0.5, 0.6) is 5.75 Å². The fourth-order valence-corrected chi connectivity index (χ4v) is 2.59. The maximum absolute atomic E-state index is 12.1. The normalized spacial score (nSPS) is 17.7. The minimum Gasteiger partial charge on any atom is -0.489 e. The molecule has 0 spiro atoms. The number of carbonyl (C=O) groups excluding carboxylic acids is 1. The minimum absolute atomic E-state index is 0. The smallest absolute Gasteiger partial charge is 0.240 e. The van der Waals surface area contributed by atoms with Crippen molar-refractivity contribution in [3.8, 4) is 5.75 Å². The Morgan fingerprint density at radius 1 is 1.38 bits per heavy atom. The van der Waals surface area contributed by atoms with E-state index in [0.29, 0.717) is 6.54 Å². The molecule has 0 radical (unpaired) electrons. The van der Waals surface area contributed by atoms with Crippen LogP contribution in [0.4, 0.5) is 0 Å². The largest absolute Gasteiger partial charge is 0.489 e. The second-order valence-electron chi connectivity index (χ2n) is 5.77. The Morgan fingerprint density at radius 2 is 2.00 bits per heavy atom. The molecule has 1 amide bonds. The van der Waals surface area contributed by atoms with Crippen LogP contribution in [0.1, 0.15) is 38.2 Å². The number of nitrogens with two attached hydrogens (primary N) is 1. The van der Waals surface area contributed by atoms with Crippen molar-refractivity contribution < 1.29 is 9.53 Å². The molecule has 1 fully saturated rings. The van der Waals surface area contributed by atoms with Crippen molar-refractivity contribution in [2.24, 2.45) is 5.73 Å². The Labute approximate surface area is 132 Å². The summed E-state index contributed by atoms with van der Waals surface area (Å²) in [6, 6.07) is 7.87. The van der Waals surface area contributed by atoms with Gasteiger partial charge < -0.3 is 15.8 Å². The van der Waals surface area contributed by atoms with Crippen LogP contribution in [0.2, 0.25) is 0 Å². The lowest BCUT2D eigenvalue weighted by molar-refractivity contribution is -0.126. The summed E-state index contributed by atoms with van der Waals surface area (Å²) in [5.74, 6) is 0.813. The zero-order valence-corrected chi connectivity index (χ0v) is 13.5. The van der Waals surface area contributed by atoms with E-state index in [4.69, 9.17) is 10.5 Å². The van der Waals surface area contributed by atoms with E-state index in [1.807, 2.05) is 38.1 Å². The molecule has 1 aliphatic carbocycles. The highest BCUT2D eigenvalue weighted by atomic mass is 35.5. The number of carbonyl (C=O) groups is 1. The number of amides is 1. The van der Waals surface area contributed by atoms with E-state index in [1.165, 1.54) is 0 Å². The zero-order chi connectivity index (χ0) is 14.6. The lowest BCUT2D eigenvalue weighted by atomic mass is 9.98. The van der Waals surface area contributed by atoms with E-state index in [1.54, 1.807) is 0 Å². The van der Waals surface area contributed by atoms with Gasteiger partial charge in [-0.25, -0.2) is 0 Å². The topological polar surface area (TPSA) is 64.3 Å². The number of hydrogen-bond acceptors (Lipinski definition) is 3. The number of halogens is 1. The Hall–Kier alpha value is -1.26. The third kappa shape index (κ3) is 4.61. The monoisotopic (exact) mass is 312 g/mol. The van der Waals surface area contributed by atoms with Gasteiger partial charge in [0.05, 0.1) is 12.1 Å².